The molecule has 5 heteroatoms. The van der Waals surface area contributed by atoms with Crippen LogP contribution in [0.3, 0.4) is 0 Å². The molecule has 0 radical (unpaired) electrons. The van der Waals surface area contributed by atoms with Crippen LogP contribution < -0.4 is 5.32 Å². The van der Waals surface area contributed by atoms with Crippen LogP contribution in [0.25, 0.3) is 0 Å². The average Bonchev–Trinajstić information content (AvgIpc) is 1.99. The summed E-state index contributed by atoms with van der Waals surface area (Å²) >= 11 is 0. The maximum absolute atomic E-state index is 11.0. The van der Waals surface area contributed by atoms with Gasteiger partial charge in [-0.2, -0.15) is 0 Å². The van der Waals surface area contributed by atoms with Gasteiger partial charge in [-0.25, -0.2) is 4.79 Å². The van der Waals surface area contributed by atoms with Crippen molar-refractivity contribution in [3.05, 3.63) is 0 Å². The zero-order chi connectivity index (χ0) is 10.3. The molecule has 1 amide bonds. The Bertz CT molecular complexity index is 158. The molecule has 0 rings (SSSR count). The number of carbonyl (C=O) groups is 1. The lowest BCUT2D eigenvalue weighted by Gasteiger charge is -2.24. The van der Waals surface area contributed by atoms with Crippen LogP contribution in [0, 0.1) is 0 Å². The van der Waals surface area contributed by atoms with Crippen LogP contribution in [-0.4, -0.2) is 41.7 Å². The van der Waals surface area contributed by atoms with Crippen LogP contribution in [0.5, 0.6) is 0 Å². The van der Waals surface area contributed by atoms with Gasteiger partial charge in [-0.1, -0.05) is 0 Å². The van der Waals surface area contributed by atoms with Crippen molar-refractivity contribution in [1.29, 1.82) is 0 Å². The Labute approximate surface area is 77.7 Å². The van der Waals surface area contributed by atoms with Crippen molar-refractivity contribution >= 4 is 6.09 Å². The third-order valence-corrected chi connectivity index (χ3v) is 1.50. The van der Waals surface area contributed by atoms with Gasteiger partial charge in [-0.15, -0.1) is 0 Å². The van der Waals surface area contributed by atoms with Crippen molar-refractivity contribution in [2.45, 2.75) is 25.8 Å². The molecular weight excluding hydrogens is 174 g/mol. The van der Waals surface area contributed by atoms with E-state index in [-0.39, 0.29) is 19.8 Å². The van der Waals surface area contributed by atoms with Gasteiger partial charge in [0.25, 0.3) is 0 Å². The third-order valence-electron chi connectivity index (χ3n) is 1.50. The quantitative estimate of drug-likeness (QED) is 0.565. The maximum atomic E-state index is 11.0. The van der Waals surface area contributed by atoms with Gasteiger partial charge in [0.2, 0.25) is 0 Å². The fourth-order valence-electron chi connectivity index (χ4n) is 0.793. The fraction of sp³-hybridized carbons (Fsp3) is 0.875. The molecule has 0 heterocycles. The van der Waals surface area contributed by atoms with Gasteiger partial charge in [0.05, 0.1) is 6.61 Å². The van der Waals surface area contributed by atoms with Gasteiger partial charge in [0.15, 0.2) is 0 Å². The van der Waals surface area contributed by atoms with E-state index < -0.39 is 11.6 Å². The zero-order valence-electron chi connectivity index (χ0n) is 8.04. The van der Waals surface area contributed by atoms with Crippen LogP contribution >= 0.6 is 0 Å². The second kappa shape index (κ2) is 5.77. The number of rotatable bonds is 5. The molecule has 0 spiro atoms. The smallest absolute Gasteiger partial charge is 0.407 e. The summed E-state index contributed by atoms with van der Waals surface area (Å²) in [5.41, 5.74) is -0.485. The number of aliphatic hydroxyl groups is 2. The molecule has 0 aromatic carbocycles. The molecule has 13 heavy (non-hydrogen) atoms. The van der Waals surface area contributed by atoms with E-state index >= 15 is 0 Å². The number of amides is 1. The van der Waals surface area contributed by atoms with E-state index in [9.17, 15) is 4.79 Å². The van der Waals surface area contributed by atoms with E-state index in [1.807, 2.05) is 0 Å². The first kappa shape index (κ1) is 12.2. The topological polar surface area (TPSA) is 78.8 Å². The summed E-state index contributed by atoms with van der Waals surface area (Å²) < 4.78 is 4.59. The highest BCUT2D eigenvalue weighted by Crippen LogP contribution is 2.06. The number of hydrogen-bond donors (Lipinski definition) is 3. The van der Waals surface area contributed by atoms with Gasteiger partial charge >= 0.3 is 6.09 Å². The average molecular weight is 191 g/mol. The summed E-state index contributed by atoms with van der Waals surface area (Å²) in [5.74, 6) is 0. The highest BCUT2D eigenvalue weighted by molar-refractivity contribution is 5.68. The highest BCUT2D eigenvalue weighted by Gasteiger charge is 2.19. The molecule has 0 saturated carbocycles. The molecule has 0 aromatic heterocycles. The lowest BCUT2D eigenvalue weighted by molar-refractivity contribution is 0.108. The molecule has 0 aliphatic heterocycles. The van der Waals surface area contributed by atoms with Crippen LogP contribution in [0.2, 0.25) is 0 Å². The molecule has 0 atom stereocenters. The molecule has 0 unspecified atom stereocenters. The standard InChI is InChI=1S/C8H17NO4/c1-8(2,3-4-10)9-7(12)13-6-5-11/h10-11H,3-6H2,1-2H3,(H,9,12). The Morgan fingerprint density at radius 1 is 1.38 bits per heavy atom. The Morgan fingerprint density at radius 3 is 2.46 bits per heavy atom. The third kappa shape index (κ3) is 6.36. The Balaban J connectivity index is 3.75. The van der Waals surface area contributed by atoms with Crippen molar-refractivity contribution in [3.63, 3.8) is 0 Å². The summed E-state index contributed by atoms with van der Waals surface area (Å²) in [5, 5.41) is 19.6. The SMILES string of the molecule is CC(C)(CCO)NC(=O)OCCO. The molecule has 0 bridgehead atoms. The second-order valence-corrected chi connectivity index (χ2v) is 3.34. The number of alkyl carbamates (subject to hydrolysis) is 1. The first-order chi connectivity index (χ1) is 6.02. The van der Waals surface area contributed by atoms with Crippen LogP contribution in [0.1, 0.15) is 20.3 Å². The summed E-state index contributed by atoms with van der Waals surface area (Å²) in [6, 6.07) is 0. The van der Waals surface area contributed by atoms with Gasteiger partial charge in [-0.05, 0) is 20.3 Å². The van der Waals surface area contributed by atoms with E-state index in [2.05, 4.69) is 10.1 Å². The number of aliphatic hydroxyl groups excluding tert-OH is 2. The van der Waals surface area contributed by atoms with Crippen molar-refractivity contribution in [2.75, 3.05) is 19.8 Å². The Morgan fingerprint density at radius 2 is 2.00 bits per heavy atom. The molecule has 0 saturated heterocycles. The maximum Gasteiger partial charge on any atom is 0.407 e. The number of hydrogen-bond acceptors (Lipinski definition) is 4. The van der Waals surface area contributed by atoms with Crippen molar-refractivity contribution in [3.8, 4) is 0 Å². The molecule has 0 fully saturated rings. The number of ether oxygens (including phenoxy) is 1. The van der Waals surface area contributed by atoms with Gasteiger partial charge < -0.3 is 20.3 Å². The molecule has 5 nitrogen and oxygen atoms in total. The van der Waals surface area contributed by atoms with Gasteiger partial charge in [0, 0.05) is 12.1 Å². The van der Waals surface area contributed by atoms with Crippen molar-refractivity contribution in [2.24, 2.45) is 0 Å². The highest BCUT2D eigenvalue weighted by atomic mass is 16.6. The largest absolute Gasteiger partial charge is 0.447 e. The molecule has 0 aliphatic carbocycles. The summed E-state index contributed by atoms with van der Waals surface area (Å²) in [4.78, 5) is 11.0. The number of nitrogens with one attached hydrogen (secondary N) is 1. The Hall–Kier alpha value is -0.810. The van der Waals surface area contributed by atoms with E-state index in [0.29, 0.717) is 6.42 Å². The van der Waals surface area contributed by atoms with Crippen LogP contribution in [0.4, 0.5) is 4.79 Å². The fourth-order valence-corrected chi connectivity index (χ4v) is 0.793. The van der Waals surface area contributed by atoms with Crippen molar-refractivity contribution in [1.82, 2.24) is 5.32 Å². The zero-order valence-corrected chi connectivity index (χ0v) is 8.04. The van der Waals surface area contributed by atoms with E-state index in [1.54, 1.807) is 13.8 Å². The Kier molecular flexibility index (Phi) is 5.41. The van der Waals surface area contributed by atoms with Crippen LogP contribution in [0.15, 0.2) is 0 Å². The first-order valence-electron chi connectivity index (χ1n) is 4.18. The van der Waals surface area contributed by atoms with Crippen molar-refractivity contribution < 1.29 is 19.7 Å². The van der Waals surface area contributed by atoms with Crippen LogP contribution in [-0.2, 0) is 4.74 Å². The predicted octanol–water partition coefficient (Wildman–Crippen LogP) is -0.134. The monoisotopic (exact) mass is 191 g/mol. The molecule has 0 aromatic rings. The minimum atomic E-state index is -0.576. The number of carbonyl (C=O) groups excluding carboxylic acids is 1. The minimum absolute atomic E-state index is 0.00722. The van der Waals surface area contributed by atoms with Gasteiger partial charge in [-0.3, -0.25) is 0 Å². The summed E-state index contributed by atoms with van der Waals surface area (Å²) in [6.45, 7) is 3.37. The molecule has 3 N–H and O–H groups in total. The van der Waals surface area contributed by atoms with E-state index in [4.69, 9.17) is 10.2 Å². The normalized spacial score (nSPS) is 11.1. The summed E-state index contributed by atoms with van der Waals surface area (Å²) in [7, 11) is 0. The van der Waals surface area contributed by atoms with E-state index in [0.717, 1.165) is 0 Å². The lowest BCUT2D eigenvalue weighted by Crippen LogP contribution is -2.44. The second-order valence-electron chi connectivity index (χ2n) is 3.34. The molecule has 78 valence electrons. The summed E-state index contributed by atoms with van der Waals surface area (Å²) in [6.07, 6.45) is -0.117. The molecular formula is C8H17NO4. The predicted molar refractivity (Wildman–Crippen MR) is 47.4 cm³/mol. The van der Waals surface area contributed by atoms with E-state index in [1.165, 1.54) is 0 Å². The lowest BCUT2D eigenvalue weighted by atomic mass is 10.0. The first-order valence-corrected chi connectivity index (χ1v) is 4.18. The minimum Gasteiger partial charge on any atom is -0.447 e. The molecule has 0 aliphatic rings. The van der Waals surface area contributed by atoms with Gasteiger partial charge in [0.1, 0.15) is 6.61 Å².